The Kier molecular flexibility index (Phi) is 4.62. The molecule has 4 rings (SSSR count). The summed E-state index contributed by atoms with van der Waals surface area (Å²) in [5, 5.41) is 1.04. The average molecular weight is 364 g/mol. The van der Waals surface area contributed by atoms with Gasteiger partial charge in [0.05, 0.1) is 13.5 Å². The van der Waals surface area contributed by atoms with Gasteiger partial charge in [0.1, 0.15) is 5.75 Å². The van der Waals surface area contributed by atoms with E-state index in [1.165, 1.54) is 0 Å². The van der Waals surface area contributed by atoms with E-state index in [-0.39, 0.29) is 5.91 Å². The van der Waals surface area contributed by atoms with Crippen LogP contribution in [0.25, 0.3) is 10.9 Å². The van der Waals surface area contributed by atoms with Gasteiger partial charge in [-0.2, -0.15) is 0 Å². The fraction of sp³-hybridized carbons (Fsp3) is 0.286. The normalized spacial score (nSPS) is 14.6. The summed E-state index contributed by atoms with van der Waals surface area (Å²) in [7, 11) is 1.65. The Hall–Kier alpha value is -3.15. The van der Waals surface area contributed by atoms with Gasteiger partial charge in [-0.25, -0.2) is 0 Å². The lowest BCUT2D eigenvalue weighted by molar-refractivity contribution is -0.130. The lowest BCUT2D eigenvalue weighted by Gasteiger charge is -2.36. The summed E-state index contributed by atoms with van der Waals surface area (Å²) < 4.78 is 5.31. The summed E-state index contributed by atoms with van der Waals surface area (Å²) >= 11 is 0. The smallest absolute Gasteiger partial charge is 0.227 e. The molecule has 2 aromatic carbocycles. The van der Waals surface area contributed by atoms with E-state index in [2.05, 4.69) is 9.88 Å². The summed E-state index contributed by atoms with van der Waals surface area (Å²) in [6.07, 6.45) is 2.32. The van der Waals surface area contributed by atoms with Crippen molar-refractivity contribution >= 4 is 28.2 Å². The Labute approximate surface area is 158 Å². The van der Waals surface area contributed by atoms with E-state index in [9.17, 15) is 4.79 Å². The van der Waals surface area contributed by atoms with E-state index in [1.54, 1.807) is 7.11 Å². The Balaban J connectivity index is 1.40. The van der Waals surface area contributed by atoms with Crippen LogP contribution in [-0.2, 0) is 11.2 Å². The van der Waals surface area contributed by atoms with Crippen LogP contribution >= 0.6 is 0 Å². The molecule has 0 radical (unpaired) electrons. The van der Waals surface area contributed by atoms with Crippen LogP contribution in [0.15, 0.2) is 48.7 Å². The second-order valence-corrected chi connectivity index (χ2v) is 6.86. The molecule has 0 spiro atoms. The van der Waals surface area contributed by atoms with Crippen LogP contribution in [0.1, 0.15) is 5.56 Å². The highest BCUT2D eigenvalue weighted by Crippen LogP contribution is 2.25. The molecule has 1 aliphatic rings. The number of hydrogen-bond donors (Lipinski definition) is 2. The number of piperazine rings is 1. The second kappa shape index (κ2) is 7.23. The third kappa shape index (κ3) is 3.56. The van der Waals surface area contributed by atoms with Gasteiger partial charge in [0, 0.05) is 54.7 Å². The van der Waals surface area contributed by atoms with Crippen LogP contribution in [0.2, 0.25) is 0 Å². The standard InChI is InChI=1S/C21H24N4O2/c1-27-18-6-7-20-19(13-18)15(14-23-20)12-21(26)25-10-8-24(9-11-25)17-4-2-16(22)3-5-17/h2-7,13-14,23H,8-12,22H2,1H3. The summed E-state index contributed by atoms with van der Waals surface area (Å²) in [6.45, 7) is 3.12. The first-order chi connectivity index (χ1) is 13.1. The highest BCUT2D eigenvalue weighted by molar-refractivity contribution is 5.89. The Morgan fingerprint density at radius 1 is 1.11 bits per heavy atom. The van der Waals surface area contributed by atoms with E-state index in [4.69, 9.17) is 10.5 Å². The zero-order valence-corrected chi connectivity index (χ0v) is 15.4. The van der Waals surface area contributed by atoms with Gasteiger partial charge >= 0.3 is 0 Å². The second-order valence-electron chi connectivity index (χ2n) is 6.86. The van der Waals surface area contributed by atoms with Crippen LogP contribution in [0.3, 0.4) is 0 Å². The number of carbonyl (C=O) groups excluding carboxylic acids is 1. The lowest BCUT2D eigenvalue weighted by Crippen LogP contribution is -2.49. The van der Waals surface area contributed by atoms with Gasteiger partial charge < -0.3 is 25.3 Å². The zero-order chi connectivity index (χ0) is 18.8. The van der Waals surface area contributed by atoms with Gasteiger partial charge in [-0.15, -0.1) is 0 Å². The number of hydrogen-bond acceptors (Lipinski definition) is 4. The molecule has 1 aromatic heterocycles. The molecule has 1 fully saturated rings. The summed E-state index contributed by atoms with van der Waals surface area (Å²) in [5.74, 6) is 0.962. The molecule has 3 N–H and O–H groups in total. The molecule has 0 aliphatic carbocycles. The molecule has 0 atom stereocenters. The maximum atomic E-state index is 12.8. The average Bonchev–Trinajstić information content (AvgIpc) is 3.10. The molecule has 1 aliphatic heterocycles. The third-order valence-electron chi connectivity index (χ3n) is 5.21. The first kappa shape index (κ1) is 17.3. The number of rotatable bonds is 4. The zero-order valence-electron chi connectivity index (χ0n) is 15.4. The van der Waals surface area contributed by atoms with Gasteiger partial charge in [0.15, 0.2) is 0 Å². The number of benzene rings is 2. The predicted molar refractivity (Wildman–Crippen MR) is 108 cm³/mol. The van der Waals surface area contributed by atoms with Gasteiger partial charge in [0.25, 0.3) is 0 Å². The van der Waals surface area contributed by atoms with E-state index in [1.807, 2.05) is 53.6 Å². The molecular weight excluding hydrogens is 340 g/mol. The van der Waals surface area contributed by atoms with Gasteiger partial charge in [-0.1, -0.05) is 0 Å². The molecule has 3 aromatic rings. The number of nitrogen functional groups attached to an aromatic ring is 1. The topological polar surface area (TPSA) is 74.6 Å². The van der Waals surface area contributed by atoms with Crippen molar-refractivity contribution in [2.45, 2.75) is 6.42 Å². The van der Waals surface area contributed by atoms with Crippen molar-refractivity contribution < 1.29 is 9.53 Å². The molecule has 140 valence electrons. The number of H-pyrrole nitrogens is 1. The minimum absolute atomic E-state index is 0.163. The SMILES string of the molecule is COc1ccc2[nH]cc(CC(=O)N3CCN(c4ccc(N)cc4)CC3)c2c1. The molecule has 6 heteroatoms. The summed E-state index contributed by atoms with van der Waals surface area (Å²) in [4.78, 5) is 20.3. The molecule has 0 saturated carbocycles. The number of aromatic nitrogens is 1. The molecule has 1 saturated heterocycles. The lowest BCUT2D eigenvalue weighted by atomic mass is 10.1. The van der Waals surface area contributed by atoms with Crippen LogP contribution in [0, 0.1) is 0 Å². The monoisotopic (exact) mass is 364 g/mol. The highest BCUT2D eigenvalue weighted by Gasteiger charge is 2.22. The maximum absolute atomic E-state index is 12.8. The van der Waals surface area contributed by atoms with Crippen molar-refractivity contribution in [1.29, 1.82) is 0 Å². The minimum atomic E-state index is 0.163. The predicted octanol–water partition coefficient (Wildman–Crippen LogP) is 2.65. The van der Waals surface area contributed by atoms with Crippen LogP contribution in [-0.4, -0.2) is 49.1 Å². The Morgan fingerprint density at radius 2 is 1.85 bits per heavy atom. The van der Waals surface area contributed by atoms with Crippen molar-refractivity contribution in [1.82, 2.24) is 9.88 Å². The van der Waals surface area contributed by atoms with Gasteiger partial charge in [0.2, 0.25) is 5.91 Å². The number of anilines is 2. The van der Waals surface area contributed by atoms with Crippen LogP contribution in [0.4, 0.5) is 11.4 Å². The minimum Gasteiger partial charge on any atom is -0.497 e. The number of aromatic amines is 1. The van der Waals surface area contributed by atoms with E-state index < -0.39 is 0 Å². The van der Waals surface area contributed by atoms with E-state index in [0.29, 0.717) is 6.42 Å². The van der Waals surface area contributed by atoms with Crippen molar-refractivity contribution in [3.05, 3.63) is 54.2 Å². The third-order valence-corrected chi connectivity index (χ3v) is 5.21. The maximum Gasteiger partial charge on any atom is 0.227 e. The number of methoxy groups -OCH3 is 1. The molecule has 6 nitrogen and oxygen atoms in total. The quantitative estimate of drug-likeness (QED) is 0.698. The van der Waals surface area contributed by atoms with Gasteiger partial charge in [-0.05, 0) is 48.0 Å². The number of ether oxygens (including phenoxy) is 1. The van der Waals surface area contributed by atoms with E-state index >= 15 is 0 Å². The highest BCUT2D eigenvalue weighted by atomic mass is 16.5. The molecule has 1 amide bonds. The molecule has 0 unspecified atom stereocenters. The fourth-order valence-corrected chi connectivity index (χ4v) is 3.60. The Morgan fingerprint density at radius 3 is 2.56 bits per heavy atom. The molecule has 2 heterocycles. The van der Waals surface area contributed by atoms with Crippen molar-refractivity contribution in [3.8, 4) is 5.75 Å². The molecule has 27 heavy (non-hydrogen) atoms. The van der Waals surface area contributed by atoms with Gasteiger partial charge in [-0.3, -0.25) is 4.79 Å². The first-order valence-electron chi connectivity index (χ1n) is 9.16. The number of carbonyl (C=O) groups is 1. The van der Waals surface area contributed by atoms with Crippen molar-refractivity contribution in [2.75, 3.05) is 43.9 Å². The van der Waals surface area contributed by atoms with Crippen LogP contribution in [0.5, 0.6) is 5.75 Å². The number of fused-ring (bicyclic) bond motifs is 1. The number of nitrogens with zero attached hydrogens (tertiary/aromatic N) is 2. The summed E-state index contributed by atoms with van der Waals surface area (Å²) in [5.41, 5.74) is 9.71. The molecule has 0 bridgehead atoms. The van der Waals surface area contributed by atoms with E-state index in [0.717, 1.165) is 59.8 Å². The Bertz CT molecular complexity index is 940. The first-order valence-corrected chi connectivity index (χ1v) is 9.16. The fourth-order valence-electron chi connectivity index (χ4n) is 3.60. The molecular formula is C21H24N4O2. The van der Waals surface area contributed by atoms with Crippen molar-refractivity contribution in [2.24, 2.45) is 0 Å². The summed E-state index contributed by atoms with van der Waals surface area (Å²) in [6, 6.07) is 13.8. The number of amides is 1. The van der Waals surface area contributed by atoms with Crippen molar-refractivity contribution in [3.63, 3.8) is 0 Å². The number of nitrogens with two attached hydrogens (primary N) is 1. The largest absolute Gasteiger partial charge is 0.497 e. The number of nitrogens with one attached hydrogen (secondary N) is 1. The van der Waals surface area contributed by atoms with Crippen LogP contribution < -0.4 is 15.4 Å².